The van der Waals surface area contributed by atoms with Gasteiger partial charge in [-0.25, -0.2) is 0 Å². The van der Waals surface area contributed by atoms with Crippen molar-refractivity contribution in [2.75, 3.05) is 14.2 Å². The topological polar surface area (TPSA) is 54.0 Å². The summed E-state index contributed by atoms with van der Waals surface area (Å²) in [5, 5.41) is 0. The number of hydrogen-bond acceptors (Lipinski definition) is 5. The van der Waals surface area contributed by atoms with Gasteiger partial charge in [0.1, 0.15) is 17.3 Å². The van der Waals surface area contributed by atoms with Gasteiger partial charge >= 0.3 is 0 Å². The molecule has 4 rings (SSSR count). The highest BCUT2D eigenvalue weighted by Crippen LogP contribution is 2.56. The molecule has 0 amide bonds. The quantitative estimate of drug-likeness (QED) is 0.355. The average Bonchev–Trinajstić information content (AvgIpc) is 3.22. The summed E-state index contributed by atoms with van der Waals surface area (Å²) in [4.78, 5) is 13.8. The molecule has 1 fully saturated rings. The van der Waals surface area contributed by atoms with Crippen LogP contribution in [0.3, 0.4) is 0 Å². The normalized spacial score (nSPS) is 31.7. The van der Waals surface area contributed by atoms with E-state index in [1.165, 1.54) is 5.57 Å². The van der Waals surface area contributed by atoms with E-state index in [1.807, 2.05) is 12.1 Å². The van der Waals surface area contributed by atoms with Crippen molar-refractivity contribution in [3.05, 3.63) is 53.3 Å². The summed E-state index contributed by atoms with van der Waals surface area (Å²) in [6.45, 7) is 14.0. The lowest BCUT2D eigenvalue weighted by atomic mass is 9.52. The van der Waals surface area contributed by atoms with Crippen LogP contribution in [0, 0.1) is 22.7 Å². The number of ketones is 1. The molecular formula is C31H46O5Si. The highest BCUT2D eigenvalue weighted by atomic mass is 28.4. The number of carbonyl (C=O) groups excluding carboxylic acids is 1. The largest absolute Gasteiger partial charge is 0.544 e. The maximum atomic E-state index is 13.8. The summed E-state index contributed by atoms with van der Waals surface area (Å²) in [5.74, 6) is 2.57. The molecule has 0 radical (unpaired) electrons. The van der Waals surface area contributed by atoms with Crippen molar-refractivity contribution in [3.63, 3.8) is 0 Å². The number of hydrogen-bond donors (Lipinski definition) is 0. The third kappa shape index (κ3) is 5.91. The molecule has 0 aromatic heterocycles. The number of methoxy groups -OCH3 is 2. The molecular weight excluding hydrogens is 480 g/mol. The maximum absolute atomic E-state index is 13.8. The molecule has 0 saturated heterocycles. The number of fused-ring (bicyclic) bond motifs is 2. The molecule has 0 unspecified atom stereocenters. The van der Waals surface area contributed by atoms with Gasteiger partial charge in [-0.2, -0.15) is 0 Å². The van der Waals surface area contributed by atoms with Crippen LogP contribution < -0.4 is 4.74 Å². The summed E-state index contributed by atoms with van der Waals surface area (Å²) in [6.07, 6.45) is 8.41. The first kappa shape index (κ1) is 28.1. The lowest BCUT2D eigenvalue weighted by Crippen LogP contribution is -2.55. The van der Waals surface area contributed by atoms with Gasteiger partial charge in [0.05, 0.1) is 25.9 Å². The van der Waals surface area contributed by atoms with E-state index in [2.05, 4.69) is 64.7 Å². The van der Waals surface area contributed by atoms with Gasteiger partial charge in [0.15, 0.2) is 0 Å². The van der Waals surface area contributed by atoms with Crippen LogP contribution in [0.2, 0.25) is 19.6 Å². The van der Waals surface area contributed by atoms with Gasteiger partial charge in [0, 0.05) is 24.5 Å². The Kier molecular flexibility index (Phi) is 8.13. The summed E-state index contributed by atoms with van der Waals surface area (Å²) < 4.78 is 24.6. The SMILES string of the molecule is COc1ccc(CO[C@H]2CC[C@@]3(C)C(=O)CC[C@H]4C=C(O[Si](C)(C)C)C(=C4)[C@H](OC)C[C@@H]3C2(C)C)cc1. The zero-order valence-electron chi connectivity index (χ0n) is 24.1. The standard InChI is InChI=1S/C31H46O5Si/c1-30(2)27-19-25(34-5)24-17-22(18-26(24)36-37(6,7)8)11-14-28(32)31(27,3)16-15-29(30)35-20-21-9-12-23(33-4)13-10-21/h9-10,12-13,17-18,22,25,27,29H,11,14-16,19-20H2,1-8H3/t22-,25-,27-,29+,31-/m1/s1. The van der Waals surface area contributed by atoms with E-state index in [9.17, 15) is 4.79 Å². The van der Waals surface area contributed by atoms with Crippen LogP contribution in [0.15, 0.2) is 47.7 Å². The van der Waals surface area contributed by atoms with Crippen LogP contribution in [-0.2, 0) is 25.3 Å². The van der Waals surface area contributed by atoms with E-state index in [1.54, 1.807) is 14.2 Å². The van der Waals surface area contributed by atoms with Crippen molar-refractivity contribution in [2.45, 2.75) is 91.3 Å². The Morgan fingerprint density at radius 1 is 1.00 bits per heavy atom. The van der Waals surface area contributed by atoms with E-state index in [4.69, 9.17) is 18.6 Å². The van der Waals surface area contributed by atoms with Crippen LogP contribution in [0.4, 0.5) is 0 Å². The minimum atomic E-state index is -1.79. The number of benzene rings is 1. The molecule has 3 aliphatic rings. The van der Waals surface area contributed by atoms with Crippen LogP contribution in [0.5, 0.6) is 5.75 Å². The van der Waals surface area contributed by atoms with Gasteiger partial charge in [0.2, 0.25) is 8.32 Å². The summed E-state index contributed by atoms with van der Waals surface area (Å²) >= 11 is 0. The monoisotopic (exact) mass is 526 g/mol. The molecule has 0 N–H and O–H groups in total. The third-order valence-electron chi connectivity index (χ3n) is 8.92. The molecule has 0 aliphatic heterocycles. The minimum absolute atomic E-state index is 0.0551. The van der Waals surface area contributed by atoms with Gasteiger partial charge in [-0.05, 0) is 86.3 Å². The van der Waals surface area contributed by atoms with E-state index in [0.717, 1.165) is 42.8 Å². The second kappa shape index (κ2) is 10.7. The molecule has 0 spiro atoms. The van der Waals surface area contributed by atoms with Gasteiger partial charge in [-0.15, -0.1) is 0 Å². The maximum Gasteiger partial charge on any atom is 0.242 e. The van der Waals surface area contributed by atoms with Crippen LogP contribution in [0.25, 0.3) is 0 Å². The molecule has 204 valence electrons. The number of allylic oxidation sites excluding steroid dienone is 2. The smallest absolute Gasteiger partial charge is 0.242 e. The molecule has 2 bridgehead atoms. The average molecular weight is 527 g/mol. The third-order valence-corrected chi connectivity index (χ3v) is 9.75. The Morgan fingerprint density at radius 2 is 1.70 bits per heavy atom. The molecule has 5 nitrogen and oxygen atoms in total. The Balaban J connectivity index is 1.61. The molecule has 1 saturated carbocycles. The lowest BCUT2D eigenvalue weighted by Gasteiger charge is -2.54. The predicted molar refractivity (Wildman–Crippen MR) is 150 cm³/mol. The fourth-order valence-corrected chi connectivity index (χ4v) is 7.64. The van der Waals surface area contributed by atoms with E-state index >= 15 is 0 Å². The number of ether oxygens (including phenoxy) is 3. The predicted octanol–water partition coefficient (Wildman–Crippen LogP) is 7.08. The Morgan fingerprint density at radius 3 is 2.32 bits per heavy atom. The molecule has 3 aliphatic carbocycles. The van der Waals surface area contributed by atoms with E-state index in [0.29, 0.717) is 18.8 Å². The van der Waals surface area contributed by atoms with Crippen LogP contribution in [-0.4, -0.2) is 40.5 Å². The molecule has 1 aromatic carbocycles. The number of Topliss-reactive ketones (excluding diaryl/α,β-unsaturated/α-hetero) is 1. The minimum Gasteiger partial charge on any atom is -0.544 e. The molecule has 5 atom stereocenters. The Hall–Kier alpha value is -1.89. The Labute approximate surface area is 224 Å². The van der Waals surface area contributed by atoms with Crippen molar-refractivity contribution in [2.24, 2.45) is 22.7 Å². The van der Waals surface area contributed by atoms with Gasteiger partial charge in [-0.3, -0.25) is 4.79 Å². The van der Waals surface area contributed by atoms with Crippen molar-refractivity contribution < 1.29 is 23.4 Å². The summed E-state index contributed by atoms with van der Waals surface area (Å²) in [5.41, 5.74) is 1.70. The first-order chi connectivity index (χ1) is 17.4. The highest BCUT2D eigenvalue weighted by molar-refractivity contribution is 6.70. The number of rotatable bonds is 7. The zero-order chi connectivity index (χ0) is 27.0. The van der Waals surface area contributed by atoms with Crippen molar-refractivity contribution >= 4 is 14.1 Å². The second-order valence-electron chi connectivity index (χ2n) is 12.9. The van der Waals surface area contributed by atoms with Crippen LogP contribution in [0.1, 0.15) is 58.4 Å². The first-order valence-electron chi connectivity index (χ1n) is 13.8. The summed E-state index contributed by atoms with van der Waals surface area (Å²) in [6, 6.07) is 8.06. The fourth-order valence-electron chi connectivity index (χ4n) is 6.79. The summed E-state index contributed by atoms with van der Waals surface area (Å²) in [7, 11) is 1.68. The van der Waals surface area contributed by atoms with E-state index < -0.39 is 13.7 Å². The number of carbonyl (C=O) groups is 1. The molecule has 6 heteroatoms. The zero-order valence-corrected chi connectivity index (χ0v) is 25.1. The van der Waals surface area contributed by atoms with Crippen molar-refractivity contribution in [1.29, 1.82) is 0 Å². The van der Waals surface area contributed by atoms with Crippen molar-refractivity contribution in [1.82, 2.24) is 0 Å². The van der Waals surface area contributed by atoms with Crippen molar-refractivity contribution in [3.8, 4) is 5.75 Å². The fraction of sp³-hybridized carbons (Fsp3) is 0.645. The van der Waals surface area contributed by atoms with Gasteiger partial charge in [-0.1, -0.05) is 39.0 Å². The van der Waals surface area contributed by atoms with Gasteiger partial charge < -0.3 is 18.6 Å². The first-order valence-corrected chi connectivity index (χ1v) is 17.2. The molecule has 37 heavy (non-hydrogen) atoms. The van der Waals surface area contributed by atoms with Gasteiger partial charge in [0.25, 0.3) is 0 Å². The van der Waals surface area contributed by atoms with Crippen LogP contribution >= 0.6 is 0 Å². The lowest BCUT2D eigenvalue weighted by molar-refractivity contribution is -0.161. The Bertz CT molecular complexity index is 1030. The molecule has 0 heterocycles. The van der Waals surface area contributed by atoms with E-state index in [-0.39, 0.29) is 29.5 Å². The highest BCUT2D eigenvalue weighted by Gasteiger charge is 2.55. The molecule has 1 aromatic rings. The second-order valence-corrected chi connectivity index (χ2v) is 17.4.